The molecule has 0 aliphatic carbocycles. The lowest BCUT2D eigenvalue weighted by atomic mass is 9.87. The van der Waals surface area contributed by atoms with Gasteiger partial charge in [0.1, 0.15) is 30.7 Å². The van der Waals surface area contributed by atoms with Gasteiger partial charge in [-0.05, 0) is 54.8 Å². The lowest BCUT2D eigenvalue weighted by molar-refractivity contribution is -0.384. The summed E-state index contributed by atoms with van der Waals surface area (Å²) in [5.74, 6) is -4.83. The lowest BCUT2D eigenvalue weighted by Gasteiger charge is -2.50. The van der Waals surface area contributed by atoms with Gasteiger partial charge in [-0.1, -0.05) is 36.4 Å². The van der Waals surface area contributed by atoms with E-state index in [0.29, 0.717) is 17.5 Å². The fraction of sp³-hybridized carbons (Fsp3) is 0.306. The third-order valence-electron chi connectivity index (χ3n) is 8.60. The molecule has 55 heavy (non-hydrogen) atoms. The van der Waals surface area contributed by atoms with Crippen molar-refractivity contribution in [3.05, 3.63) is 99.6 Å². The van der Waals surface area contributed by atoms with Gasteiger partial charge in [-0.3, -0.25) is 39.0 Å². The molecule has 2 saturated heterocycles. The molecule has 3 aromatic carbocycles. The van der Waals surface area contributed by atoms with Crippen molar-refractivity contribution in [3.8, 4) is 11.5 Å². The Morgan fingerprint density at radius 1 is 0.909 bits per heavy atom. The molecule has 0 bridgehead atoms. The predicted octanol–water partition coefficient (Wildman–Crippen LogP) is 2.78. The number of carbonyl (C=O) groups excluding carboxylic acids is 7. The number of nitro groups is 1. The van der Waals surface area contributed by atoms with Crippen molar-refractivity contribution in [2.24, 2.45) is 0 Å². The first-order valence-electron chi connectivity index (χ1n) is 16.5. The van der Waals surface area contributed by atoms with E-state index in [9.17, 15) is 43.7 Å². The number of thioether (sulfide) groups is 1. The maximum Gasteiger partial charge on any atom is 0.408 e. The van der Waals surface area contributed by atoms with Gasteiger partial charge in [0.15, 0.2) is 11.5 Å². The van der Waals surface area contributed by atoms with Gasteiger partial charge < -0.3 is 34.9 Å². The zero-order valence-corrected chi connectivity index (χ0v) is 30.6. The Kier molecular flexibility index (Phi) is 11.7. The number of ether oxygens (including phenoxy) is 4. The van der Waals surface area contributed by atoms with Gasteiger partial charge in [0, 0.05) is 26.0 Å². The van der Waals surface area contributed by atoms with Crippen molar-refractivity contribution < 1.29 is 57.4 Å². The fourth-order valence-electron chi connectivity index (χ4n) is 6.03. The third-order valence-corrected chi connectivity index (χ3v) is 10.2. The van der Waals surface area contributed by atoms with Crippen molar-refractivity contribution in [2.75, 3.05) is 0 Å². The summed E-state index contributed by atoms with van der Waals surface area (Å²) in [4.78, 5) is 103. The highest BCUT2D eigenvalue weighted by Crippen LogP contribution is 2.56. The number of alkyl carbamates (subject to hydrolysis) is 1. The monoisotopic (exact) mass is 777 g/mol. The van der Waals surface area contributed by atoms with Crippen LogP contribution < -0.4 is 25.4 Å². The Morgan fingerprint density at radius 2 is 1.53 bits per heavy atom. The zero-order chi connectivity index (χ0) is 40.1. The van der Waals surface area contributed by atoms with Crippen molar-refractivity contribution in [1.29, 1.82) is 0 Å². The number of nitro benzene ring substituents is 1. The van der Waals surface area contributed by atoms with Crippen molar-refractivity contribution in [1.82, 2.24) is 20.9 Å². The smallest absolute Gasteiger partial charge is 0.408 e. The van der Waals surface area contributed by atoms with E-state index in [1.165, 1.54) is 36.4 Å². The Labute approximate surface area is 317 Å². The maximum absolute atomic E-state index is 14.6. The van der Waals surface area contributed by atoms with Crippen LogP contribution in [-0.2, 0) is 51.5 Å². The van der Waals surface area contributed by atoms with Crippen LogP contribution in [0.15, 0.2) is 72.8 Å². The minimum Gasteiger partial charge on any atom is -0.458 e. The normalized spacial score (nSPS) is 19.7. The number of amides is 4. The quantitative estimate of drug-likeness (QED) is 0.0533. The summed E-state index contributed by atoms with van der Waals surface area (Å²) in [6, 6.07) is 14.7. The molecular formula is C36H35N5O13S. The topological polar surface area (TPSA) is 239 Å². The molecule has 2 heterocycles. The molecule has 0 saturated carbocycles. The first-order valence-corrected chi connectivity index (χ1v) is 17.4. The number of nitrogens with one attached hydrogen (secondary N) is 3. The molecule has 3 aromatic rings. The van der Waals surface area contributed by atoms with E-state index in [4.69, 9.17) is 18.9 Å². The van der Waals surface area contributed by atoms with Gasteiger partial charge in [-0.15, -0.1) is 11.8 Å². The zero-order valence-electron chi connectivity index (χ0n) is 29.8. The minimum atomic E-state index is -2.22. The number of rotatable bonds is 14. The number of β-lactam (4-membered cyclic amide) rings is 1. The molecule has 4 amide bonds. The Bertz CT molecular complexity index is 2030. The number of fused-ring (bicyclic) bond motifs is 1. The van der Waals surface area contributed by atoms with E-state index in [2.05, 4.69) is 16.0 Å². The predicted molar refractivity (Wildman–Crippen MR) is 191 cm³/mol. The second-order valence-electron chi connectivity index (χ2n) is 12.7. The number of nitrogens with zero attached hydrogens (tertiary/aromatic N) is 2. The molecule has 0 radical (unpaired) electrons. The van der Waals surface area contributed by atoms with Crippen LogP contribution in [0.3, 0.4) is 0 Å². The number of hydrogen-bond acceptors (Lipinski definition) is 14. The van der Waals surface area contributed by atoms with Gasteiger partial charge in [0.25, 0.3) is 11.6 Å². The van der Waals surface area contributed by atoms with Crippen LogP contribution in [0.5, 0.6) is 11.5 Å². The molecule has 3 N–H and O–H groups in total. The highest BCUT2D eigenvalue weighted by atomic mass is 32.2. The van der Waals surface area contributed by atoms with Crippen molar-refractivity contribution in [2.45, 2.75) is 68.8 Å². The van der Waals surface area contributed by atoms with Crippen molar-refractivity contribution in [3.63, 3.8) is 0 Å². The fourth-order valence-corrected chi connectivity index (χ4v) is 7.74. The summed E-state index contributed by atoms with van der Waals surface area (Å²) in [6.45, 7) is 4.77. The Balaban J connectivity index is 1.52. The first kappa shape index (κ1) is 39.7. The molecular weight excluding hydrogens is 742 g/mol. The first-order chi connectivity index (χ1) is 26.1. The second-order valence-corrected chi connectivity index (χ2v) is 14.5. The summed E-state index contributed by atoms with van der Waals surface area (Å²) >= 11 is 1.12. The van der Waals surface area contributed by atoms with E-state index in [1.807, 2.05) is 0 Å². The van der Waals surface area contributed by atoms with Gasteiger partial charge >= 0.3 is 24.0 Å². The minimum absolute atomic E-state index is 0.0554. The van der Waals surface area contributed by atoms with Crippen LogP contribution in [0.1, 0.15) is 50.4 Å². The SMILES string of the molecule is CC(=O)Oc1ccc(C(NC(=O)OCc2ccc([N+](=O)[O-])cc2)C(=O)N[C@@]2(C(=O)OCc3ccccc3)N3C(=O)[C@H](NC=O)[C@H]3SC2(C)C)cc1OC(C)=O. The molecule has 2 fully saturated rings. The molecule has 2 aliphatic heterocycles. The molecule has 2 aliphatic rings. The van der Waals surface area contributed by atoms with Gasteiger partial charge in [-0.2, -0.15) is 0 Å². The molecule has 4 atom stereocenters. The third kappa shape index (κ3) is 8.35. The summed E-state index contributed by atoms with van der Waals surface area (Å²) in [7, 11) is 0. The average Bonchev–Trinajstić information content (AvgIpc) is 3.35. The molecule has 0 aromatic heterocycles. The molecule has 18 nitrogen and oxygen atoms in total. The molecule has 5 rings (SSSR count). The Morgan fingerprint density at radius 3 is 2.15 bits per heavy atom. The standard InChI is InChI=1S/C36H35N5O13S/c1-20(43)53-26-15-12-24(16-27(26)54-21(2)44)28(38-34(48)52-18-23-10-13-25(14-11-23)41(49)50)30(45)39-36(33(47)51-17-22-8-6-5-7-9-22)35(3,4)55-32-29(37-19-42)31(46)40(32)36/h5-16,19,28-29,32H,17-18H2,1-4H3,(H,37,42)(H,38,48)(H,39,45)/t28?,29-,32+,36-/m0/s1. The van der Waals surface area contributed by atoms with Crippen LogP contribution in [0.25, 0.3) is 0 Å². The van der Waals surface area contributed by atoms with E-state index < -0.39 is 68.6 Å². The number of benzene rings is 3. The molecule has 0 spiro atoms. The van der Waals surface area contributed by atoms with Gasteiger partial charge in [0.2, 0.25) is 18.0 Å². The number of carbonyl (C=O) groups is 7. The highest BCUT2D eigenvalue weighted by molar-refractivity contribution is 8.01. The number of esters is 3. The van der Waals surface area contributed by atoms with Gasteiger partial charge in [0.05, 0.1) is 9.67 Å². The number of non-ortho nitro benzene ring substituents is 1. The van der Waals surface area contributed by atoms with E-state index in [0.717, 1.165) is 36.6 Å². The summed E-state index contributed by atoms with van der Waals surface area (Å²) in [5.41, 5.74) is -1.48. The average molecular weight is 778 g/mol. The van der Waals surface area contributed by atoms with E-state index >= 15 is 0 Å². The van der Waals surface area contributed by atoms with Crippen LogP contribution in [0.4, 0.5) is 10.5 Å². The second kappa shape index (κ2) is 16.3. The summed E-state index contributed by atoms with van der Waals surface area (Å²) < 4.78 is 20.1. The maximum atomic E-state index is 14.6. The van der Waals surface area contributed by atoms with Crippen LogP contribution >= 0.6 is 11.8 Å². The van der Waals surface area contributed by atoms with E-state index in [-0.39, 0.29) is 36.0 Å². The summed E-state index contributed by atoms with van der Waals surface area (Å²) in [5, 5.41) is 17.8. The highest BCUT2D eigenvalue weighted by Gasteiger charge is 2.74. The molecule has 288 valence electrons. The van der Waals surface area contributed by atoms with Gasteiger partial charge in [-0.25, -0.2) is 9.59 Å². The van der Waals surface area contributed by atoms with Crippen LogP contribution in [0.2, 0.25) is 0 Å². The molecule has 1 unspecified atom stereocenters. The van der Waals surface area contributed by atoms with Crippen LogP contribution in [-0.4, -0.2) is 73.9 Å². The lowest BCUT2D eigenvalue weighted by Crippen LogP contribution is -2.80. The molecule has 19 heteroatoms. The van der Waals surface area contributed by atoms with E-state index in [1.54, 1.807) is 44.2 Å². The van der Waals surface area contributed by atoms with Crippen LogP contribution in [0, 0.1) is 10.1 Å². The number of hydrogen-bond donors (Lipinski definition) is 3. The van der Waals surface area contributed by atoms with Crippen molar-refractivity contribution >= 4 is 59.7 Å². The summed E-state index contributed by atoms with van der Waals surface area (Å²) in [6.07, 6.45) is -0.812. The Hall–Kier alpha value is -6.50. The largest absolute Gasteiger partial charge is 0.458 e.